The second-order valence-corrected chi connectivity index (χ2v) is 7.76. The molecule has 1 N–H and O–H groups in total. The Kier molecular flexibility index (Phi) is 5.56. The SMILES string of the molecule is CCC(=O)c1cccc(-c2cn3ccnc3c(Nc3ccc(N4CCOCC4)cc3)n2)c1. The first-order valence-corrected chi connectivity index (χ1v) is 10.9. The summed E-state index contributed by atoms with van der Waals surface area (Å²) >= 11 is 0. The number of anilines is 3. The molecule has 0 atom stereocenters. The van der Waals surface area contributed by atoms with Crippen LogP contribution in [0.15, 0.2) is 67.1 Å². The highest BCUT2D eigenvalue weighted by Crippen LogP contribution is 2.27. The first-order valence-electron chi connectivity index (χ1n) is 10.9. The third kappa shape index (κ3) is 4.07. The molecule has 2 aromatic carbocycles. The van der Waals surface area contributed by atoms with E-state index in [0.717, 1.165) is 48.9 Å². The lowest BCUT2D eigenvalue weighted by Gasteiger charge is -2.28. The summed E-state index contributed by atoms with van der Waals surface area (Å²) in [4.78, 5) is 23.8. The molecule has 2 aromatic heterocycles. The fourth-order valence-electron chi connectivity index (χ4n) is 3.92. The van der Waals surface area contributed by atoms with Crippen molar-refractivity contribution < 1.29 is 9.53 Å². The van der Waals surface area contributed by atoms with E-state index in [0.29, 0.717) is 17.8 Å². The van der Waals surface area contributed by atoms with Crippen molar-refractivity contribution in [2.45, 2.75) is 13.3 Å². The van der Waals surface area contributed by atoms with Gasteiger partial charge in [-0.1, -0.05) is 25.1 Å². The molecule has 0 bridgehead atoms. The van der Waals surface area contributed by atoms with E-state index in [9.17, 15) is 4.79 Å². The summed E-state index contributed by atoms with van der Waals surface area (Å²) in [5.41, 5.74) is 5.23. The lowest BCUT2D eigenvalue weighted by molar-refractivity contribution is 0.0988. The van der Waals surface area contributed by atoms with Crippen molar-refractivity contribution in [1.29, 1.82) is 0 Å². The van der Waals surface area contributed by atoms with Crippen LogP contribution in [0.2, 0.25) is 0 Å². The lowest BCUT2D eigenvalue weighted by atomic mass is 10.0. The molecule has 1 aliphatic heterocycles. The zero-order valence-corrected chi connectivity index (χ0v) is 18.0. The minimum atomic E-state index is 0.120. The number of aromatic nitrogens is 3. The minimum Gasteiger partial charge on any atom is -0.378 e. The highest BCUT2D eigenvalue weighted by atomic mass is 16.5. The standard InChI is InChI=1S/C25H25N5O2/c1-2-23(31)19-5-3-4-18(16-19)22-17-30-11-10-26-25(30)24(28-22)27-20-6-8-21(9-7-20)29-12-14-32-15-13-29/h3-11,16-17H,2,12-15H2,1H3,(H,27,28). The number of carbonyl (C=O) groups is 1. The van der Waals surface area contributed by atoms with Crippen LogP contribution >= 0.6 is 0 Å². The van der Waals surface area contributed by atoms with Crippen molar-refractivity contribution in [3.63, 3.8) is 0 Å². The highest BCUT2D eigenvalue weighted by Gasteiger charge is 2.13. The zero-order valence-electron chi connectivity index (χ0n) is 18.0. The Labute approximate surface area is 186 Å². The fraction of sp³-hybridized carbons (Fsp3) is 0.240. The molecule has 32 heavy (non-hydrogen) atoms. The van der Waals surface area contributed by atoms with Crippen LogP contribution < -0.4 is 10.2 Å². The fourth-order valence-corrected chi connectivity index (χ4v) is 3.92. The molecule has 4 aromatic rings. The number of ketones is 1. The van der Waals surface area contributed by atoms with Crippen molar-refractivity contribution in [2.75, 3.05) is 36.5 Å². The van der Waals surface area contributed by atoms with Gasteiger partial charge in [0.15, 0.2) is 17.2 Å². The molecule has 1 aliphatic rings. The van der Waals surface area contributed by atoms with Crippen LogP contribution in [0.1, 0.15) is 23.7 Å². The average molecular weight is 428 g/mol. The summed E-state index contributed by atoms with van der Waals surface area (Å²) < 4.78 is 7.39. The third-order valence-corrected chi connectivity index (χ3v) is 5.68. The summed E-state index contributed by atoms with van der Waals surface area (Å²) in [7, 11) is 0. The summed E-state index contributed by atoms with van der Waals surface area (Å²) in [5.74, 6) is 0.785. The van der Waals surface area contributed by atoms with Gasteiger partial charge in [-0.15, -0.1) is 0 Å². The van der Waals surface area contributed by atoms with Crippen LogP contribution in [0, 0.1) is 0 Å². The Hall–Kier alpha value is -3.71. The van der Waals surface area contributed by atoms with E-state index in [4.69, 9.17) is 9.72 Å². The Bertz CT molecular complexity index is 1240. The smallest absolute Gasteiger partial charge is 0.180 e. The number of nitrogens with one attached hydrogen (secondary N) is 1. The van der Waals surface area contributed by atoms with Crippen LogP contribution in [0.4, 0.5) is 17.2 Å². The van der Waals surface area contributed by atoms with E-state index in [1.807, 2.05) is 48.0 Å². The van der Waals surface area contributed by atoms with Crippen molar-refractivity contribution in [1.82, 2.24) is 14.4 Å². The number of imidazole rings is 1. The van der Waals surface area contributed by atoms with Gasteiger partial charge in [-0.05, 0) is 30.3 Å². The number of carbonyl (C=O) groups excluding carboxylic acids is 1. The number of fused-ring (bicyclic) bond motifs is 1. The summed E-state index contributed by atoms with van der Waals surface area (Å²) in [5, 5.41) is 3.42. The number of hydrogen-bond donors (Lipinski definition) is 1. The van der Waals surface area contributed by atoms with Gasteiger partial charge in [0.25, 0.3) is 0 Å². The Morgan fingerprint density at radius 1 is 1.12 bits per heavy atom. The molecule has 7 heteroatoms. The van der Waals surface area contributed by atoms with E-state index in [1.54, 1.807) is 6.20 Å². The molecule has 1 fully saturated rings. The van der Waals surface area contributed by atoms with E-state index in [1.165, 1.54) is 5.69 Å². The van der Waals surface area contributed by atoms with Crippen LogP contribution in [-0.2, 0) is 4.74 Å². The minimum absolute atomic E-state index is 0.120. The normalized spacial score (nSPS) is 14.0. The van der Waals surface area contributed by atoms with Crippen molar-refractivity contribution in [3.8, 4) is 11.3 Å². The largest absolute Gasteiger partial charge is 0.378 e. The molecule has 162 valence electrons. The molecule has 0 unspecified atom stereocenters. The molecule has 0 saturated carbocycles. The van der Waals surface area contributed by atoms with E-state index in [-0.39, 0.29) is 5.78 Å². The molecule has 0 aliphatic carbocycles. The number of hydrogen-bond acceptors (Lipinski definition) is 6. The molecular formula is C25H25N5O2. The second kappa shape index (κ2) is 8.80. The van der Waals surface area contributed by atoms with Gasteiger partial charge < -0.3 is 19.4 Å². The monoisotopic (exact) mass is 427 g/mol. The van der Waals surface area contributed by atoms with Crippen molar-refractivity contribution >= 4 is 28.6 Å². The third-order valence-electron chi connectivity index (χ3n) is 5.68. The van der Waals surface area contributed by atoms with Gasteiger partial charge in [0.2, 0.25) is 0 Å². The highest BCUT2D eigenvalue weighted by molar-refractivity contribution is 5.96. The topological polar surface area (TPSA) is 71.8 Å². The molecule has 0 amide bonds. The van der Waals surface area contributed by atoms with Gasteiger partial charge in [-0.2, -0.15) is 0 Å². The number of benzene rings is 2. The number of ether oxygens (including phenoxy) is 1. The van der Waals surface area contributed by atoms with Crippen molar-refractivity contribution in [2.24, 2.45) is 0 Å². The second-order valence-electron chi connectivity index (χ2n) is 7.76. The van der Waals surface area contributed by atoms with E-state index >= 15 is 0 Å². The average Bonchev–Trinajstić information content (AvgIpc) is 3.34. The van der Waals surface area contributed by atoms with E-state index in [2.05, 4.69) is 39.5 Å². The molecule has 5 rings (SSSR count). The molecule has 7 nitrogen and oxygen atoms in total. The number of rotatable bonds is 6. The zero-order chi connectivity index (χ0) is 21.9. The molecule has 0 radical (unpaired) electrons. The van der Waals surface area contributed by atoms with Gasteiger partial charge in [0.1, 0.15) is 0 Å². The molecule has 3 heterocycles. The van der Waals surface area contributed by atoms with Crippen LogP contribution in [-0.4, -0.2) is 46.5 Å². The lowest BCUT2D eigenvalue weighted by Crippen LogP contribution is -2.36. The number of morpholine rings is 1. The van der Waals surface area contributed by atoms with Crippen LogP contribution in [0.25, 0.3) is 16.9 Å². The maximum absolute atomic E-state index is 12.2. The number of nitrogens with zero attached hydrogens (tertiary/aromatic N) is 4. The summed E-state index contributed by atoms with van der Waals surface area (Å²) in [6, 6.07) is 15.9. The van der Waals surface area contributed by atoms with Crippen LogP contribution in [0.5, 0.6) is 0 Å². The predicted octanol–water partition coefficient (Wildman–Crippen LogP) is 4.57. The van der Waals surface area contributed by atoms with Crippen LogP contribution in [0.3, 0.4) is 0 Å². The van der Waals surface area contributed by atoms with E-state index < -0.39 is 0 Å². The van der Waals surface area contributed by atoms with Gasteiger partial charge in [0.05, 0.1) is 18.9 Å². The van der Waals surface area contributed by atoms with Crippen molar-refractivity contribution in [3.05, 3.63) is 72.7 Å². The Morgan fingerprint density at radius 2 is 1.94 bits per heavy atom. The van der Waals surface area contributed by atoms with Gasteiger partial charge in [-0.3, -0.25) is 4.79 Å². The summed E-state index contributed by atoms with van der Waals surface area (Å²) in [6.45, 7) is 5.21. The Balaban J connectivity index is 1.45. The first kappa shape index (κ1) is 20.2. The predicted molar refractivity (Wildman–Crippen MR) is 126 cm³/mol. The van der Waals surface area contributed by atoms with Gasteiger partial charge >= 0.3 is 0 Å². The molecular weight excluding hydrogens is 402 g/mol. The molecule has 1 saturated heterocycles. The first-order chi connectivity index (χ1) is 15.7. The maximum Gasteiger partial charge on any atom is 0.180 e. The Morgan fingerprint density at radius 3 is 2.72 bits per heavy atom. The number of Topliss-reactive ketones (excluding diaryl/α,β-unsaturated/α-hetero) is 1. The summed E-state index contributed by atoms with van der Waals surface area (Å²) in [6.07, 6.45) is 6.06. The molecule has 0 spiro atoms. The van der Waals surface area contributed by atoms with Gasteiger partial charge in [-0.25, -0.2) is 9.97 Å². The quantitative estimate of drug-likeness (QED) is 0.455. The van der Waals surface area contributed by atoms with Gasteiger partial charge in [0, 0.05) is 60.6 Å². The maximum atomic E-state index is 12.2.